The average Bonchev–Trinajstić information content (AvgIpc) is 2.84. The molecule has 2 aromatic rings. The second kappa shape index (κ2) is 7.36. The molecule has 0 saturated carbocycles. The zero-order valence-electron chi connectivity index (χ0n) is 11.4. The first-order valence-corrected chi connectivity index (χ1v) is 7.29. The van der Waals surface area contributed by atoms with Gasteiger partial charge in [-0.05, 0) is 27.9 Å². The van der Waals surface area contributed by atoms with Crippen molar-refractivity contribution in [1.82, 2.24) is 9.78 Å². The van der Waals surface area contributed by atoms with Crippen LogP contribution in [0.15, 0.2) is 41.0 Å². The third kappa shape index (κ3) is 3.77. The van der Waals surface area contributed by atoms with Crippen molar-refractivity contribution in [3.8, 4) is 0 Å². The first kappa shape index (κ1) is 14.9. The van der Waals surface area contributed by atoms with E-state index in [2.05, 4.69) is 21.0 Å². The number of aryl methyl sites for hydroxylation is 1. The third-order valence-corrected chi connectivity index (χ3v) is 3.63. The maximum absolute atomic E-state index is 12.4. The number of benzene rings is 1. The fourth-order valence-electron chi connectivity index (χ4n) is 2.01. The molecular weight excluding hydrogens is 320 g/mol. The monoisotopic (exact) mass is 336 g/mol. The van der Waals surface area contributed by atoms with Crippen molar-refractivity contribution in [1.29, 1.82) is 0 Å². The molecule has 1 aromatic carbocycles. The molecule has 2 rings (SSSR count). The molecule has 0 radical (unpaired) electrons. The number of nitrogens with zero attached hydrogens (tertiary/aromatic N) is 2. The lowest BCUT2D eigenvalue weighted by Gasteiger charge is -2.07. The van der Waals surface area contributed by atoms with Crippen molar-refractivity contribution in [2.75, 3.05) is 13.7 Å². The van der Waals surface area contributed by atoms with Crippen LogP contribution in [0.1, 0.15) is 22.5 Å². The molecule has 1 heterocycles. The van der Waals surface area contributed by atoms with Gasteiger partial charge in [0.2, 0.25) is 0 Å². The summed E-state index contributed by atoms with van der Waals surface area (Å²) in [5.74, 6) is 0.0920. The molecular formula is C15H17BrN2O2. The van der Waals surface area contributed by atoms with E-state index in [1.807, 2.05) is 30.3 Å². The Labute approximate surface area is 126 Å². The molecule has 0 fully saturated rings. The zero-order valence-corrected chi connectivity index (χ0v) is 13.0. The van der Waals surface area contributed by atoms with Gasteiger partial charge in [-0.3, -0.25) is 9.48 Å². The average molecular weight is 337 g/mol. The summed E-state index contributed by atoms with van der Waals surface area (Å²) in [4.78, 5) is 12.4. The maximum atomic E-state index is 12.4. The van der Waals surface area contributed by atoms with Crippen molar-refractivity contribution in [2.45, 2.75) is 19.4 Å². The Morgan fingerprint density at radius 1 is 1.35 bits per heavy atom. The normalized spacial score (nSPS) is 10.7. The van der Waals surface area contributed by atoms with Gasteiger partial charge in [0.15, 0.2) is 5.78 Å². The van der Waals surface area contributed by atoms with Crippen LogP contribution >= 0.6 is 15.9 Å². The van der Waals surface area contributed by atoms with Crippen LogP contribution in [0, 0.1) is 0 Å². The molecule has 106 valence electrons. The molecule has 20 heavy (non-hydrogen) atoms. The van der Waals surface area contributed by atoms with Crippen LogP contribution in [0.5, 0.6) is 0 Å². The topological polar surface area (TPSA) is 44.1 Å². The van der Waals surface area contributed by atoms with Crippen LogP contribution < -0.4 is 0 Å². The van der Waals surface area contributed by atoms with E-state index >= 15 is 0 Å². The van der Waals surface area contributed by atoms with E-state index in [0.29, 0.717) is 25.3 Å². The second-order valence-corrected chi connectivity index (χ2v) is 5.32. The molecule has 4 nitrogen and oxygen atoms in total. The number of Topliss-reactive ketones (excluding diaryl/α,β-unsaturated/α-hetero) is 1. The number of aromatic nitrogens is 2. The van der Waals surface area contributed by atoms with Crippen LogP contribution in [-0.2, 0) is 17.7 Å². The zero-order chi connectivity index (χ0) is 14.4. The SMILES string of the molecule is COCCn1ncc(Br)c1C(=O)CCc1ccccc1. The number of carbonyl (C=O) groups is 1. The van der Waals surface area contributed by atoms with Crippen LogP contribution in [0.4, 0.5) is 0 Å². The molecule has 0 aliphatic carbocycles. The number of carbonyl (C=O) groups excluding carboxylic acids is 1. The predicted molar refractivity (Wildman–Crippen MR) is 80.9 cm³/mol. The lowest BCUT2D eigenvalue weighted by Crippen LogP contribution is -2.14. The smallest absolute Gasteiger partial charge is 0.182 e. The van der Waals surface area contributed by atoms with Gasteiger partial charge >= 0.3 is 0 Å². The summed E-state index contributed by atoms with van der Waals surface area (Å²) in [5, 5.41) is 4.20. The summed E-state index contributed by atoms with van der Waals surface area (Å²) in [6, 6.07) is 10.0. The third-order valence-electron chi connectivity index (χ3n) is 3.05. The minimum atomic E-state index is 0.0920. The standard InChI is InChI=1S/C15H17BrN2O2/c1-20-10-9-18-15(13(16)11-17-18)14(19)8-7-12-5-3-2-4-6-12/h2-6,11H,7-10H2,1H3. The van der Waals surface area contributed by atoms with Crippen molar-refractivity contribution in [2.24, 2.45) is 0 Å². The molecule has 0 atom stereocenters. The summed E-state index contributed by atoms with van der Waals surface area (Å²) in [6.07, 6.45) is 2.87. The van der Waals surface area contributed by atoms with E-state index in [9.17, 15) is 4.79 Å². The Hall–Kier alpha value is -1.46. The minimum Gasteiger partial charge on any atom is -0.383 e. The Balaban J connectivity index is 2.03. The first-order valence-electron chi connectivity index (χ1n) is 6.49. The van der Waals surface area contributed by atoms with Crippen LogP contribution in [0.3, 0.4) is 0 Å². The number of ether oxygens (including phenoxy) is 1. The van der Waals surface area contributed by atoms with Gasteiger partial charge < -0.3 is 4.74 Å². The minimum absolute atomic E-state index is 0.0920. The quantitative estimate of drug-likeness (QED) is 0.729. The Bertz CT molecular complexity index is 567. The van der Waals surface area contributed by atoms with Gasteiger partial charge in [-0.25, -0.2) is 0 Å². The Kier molecular flexibility index (Phi) is 5.49. The largest absolute Gasteiger partial charge is 0.383 e. The number of halogens is 1. The highest BCUT2D eigenvalue weighted by atomic mass is 79.9. The number of rotatable bonds is 7. The Morgan fingerprint density at radius 3 is 2.80 bits per heavy atom. The van der Waals surface area contributed by atoms with Crippen LogP contribution in [0.2, 0.25) is 0 Å². The molecule has 1 aromatic heterocycles. The summed E-state index contributed by atoms with van der Waals surface area (Å²) in [7, 11) is 1.63. The summed E-state index contributed by atoms with van der Waals surface area (Å²) >= 11 is 3.39. The fourth-order valence-corrected chi connectivity index (χ4v) is 2.53. The van der Waals surface area contributed by atoms with E-state index in [-0.39, 0.29) is 5.78 Å². The van der Waals surface area contributed by atoms with E-state index in [0.717, 1.165) is 10.9 Å². The highest BCUT2D eigenvalue weighted by Gasteiger charge is 2.16. The van der Waals surface area contributed by atoms with E-state index in [4.69, 9.17) is 4.74 Å². The first-order chi connectivity index (χ1) is 9.72. The molecule has 0 spiro atoms. The van der Waals surface area contributed by atoms with E-state index < -0.39 is 0 Å². The predicted octanol–water partition coefficient (Wildman–Crippen LogP) is 3.11. The van der Waals surface area contributed by atoms with Gasteiger partial charge in [0.1, 0.15) is 5.69 Å². The maximum Gasteiger partial charge on any atom is 0.182 e. The highest BCUT2D eigenvalue weighted by Crippen LogP contribution is 2.18. The molecule has 5 heteroatoms. The van der Waals surface area contributed by atoms with Gasteiger partial charge in [-0.15, -0.1) is 0 Å². The van der Waals surface area contributed by atoms with Crippen molar-refractivity contribution >= 4 is 21.7 Å². The fraction of sp³-hybridized carbons (Fsp3) is 0.333. The van der Waals surface area contributed by atoms with Crippen molar-refractivity contribution in [3.63, 3.8) is 0 Å². The van der Waals surface area contributed by atoms with Crippen molar-refractivity contribution in [3.05, 3.63) is 52.3 Å². The van der Waals surface area contributed by atoms with Crippen molar-refractivity contribution < 1.29 is 9.53 Å². The molecule has 0 bridgehead atoms. The second-order valence-electron chi connectivity index (χ2n) is 4.47. The van der Waals surface area contributed by atoms with Gasteiger partial charge in [-0.1, -0.05) is 30.3 Å². The molecule has 0 aliphatic heterocycles. The summed E-state index contributed by atoms with van der Waals surface area (Å²) in [6.45, 7) is 1.11. The lowest BCUT2D eigenvalue weighted by atomic mass is 10.1. The molecule has 0 N–H and O–H groups in total. The van der Waals surface area contributed by atoms with E-state index in [1.165, 1.54) is 5.56 Å². The lowest BCUT2D eigenvalue weighted by molar-refractivity contribution is 0.0968. The molecule has 0 aliphatic rings. The molecule has 0 amide bonds. The van der Waals surface area contributed by atoms with Crippen LogP contribution in [-0.4, -0.2) is 29.3 Å². The van der Waals surface area contributed by atoms with Crippen LogP contribution in [0.25, 0.3) is 0 Å². The number of ketones is 1. The number of methoxy groups -OCH3 is 1. The summed E-state index contributed by atoms with van der Waals surface area (Å²) in [5.41, 5.74) is 1.79. The number of hydrogen-bond donors (Lipinski definition) is 0. The highest BCUT2D eigenvalue weighted by molar-refractivity contribution is 9.10. The summed E-state index contributed by atoms with van der Waals surface area (Å²) < 4.78 is 7.47. The molecule has 0 unspecified atom stereocenters. The Morgan fingerprint density at radius 2 is 2.10 bits per heavy atom. The number of hydrogen-bond acceptors (Lipinski definition) is 3. The van der Waals surface area contributed by atoms with Gasteiger partial charge in [0.05, 0.1) is 23.8 Å². The van der Waals surface area contributed by atoms with Gasteiger partial charge in [-0.2, -0.15) is 5.10 Å². The molecule has 0 saturated heterocycles. The van der Waals surface area contributed by atoms with Gasteiger partial charge in [0, 0.05) is 13.5 Å². The van der Waals surface area contributed by atoms with Gasteiger partial charge in [0.25, 0.3) is 0 Å². The van der Waals surface area contributed by atoms with E-state index in [1.54, 1.807) is 18.0 Å².